The molecule has 2 aromatic carbocycles. The van der Waals surface area contributed by atoms with Gasteiger partial charge < -0.3 is 14.7 Å². The Bertz CT molecular complexity index is 875. The van der Waals surface area contributed by atoms with Crippen LogP contribution in [0.1, 0.15) is 49.8 Å². The molecule has 1 unspecified atom stereocenters. The van der Waals surface area contributed by atoms with E-state index in [1.165, 1.54) is 6.92 Å². The van der Waals surface area contributed by atoms with Crippen molar-refractivity contribution in [2.75, 3.05) is 11.5 Å². The summed E-state index contributed by atoms with van der Waals surface area (Å²) in [5.41, 5.74) is 1.23. The van der Waals surface area contributed by atoms with Gasteiger partial charge in [-0.3, -0.25) is 9.59 Å². The number of carbonyl (C=O) groups is 2. The summed E-state index contributed by atoms with van der Waals surface area (Å²) in [6.07, 6.45) is 1.87. The van der Waals surface area contributed by atoms with Crippen molar-refractivity contribution in [2.45, 2.75) is 52.2 Å². The third-order valence-corrected chi connectivity index (χ3v) is 5.02. The van der Waals surface area contributed by atoms with E-state index in [0.29, 0.717) is 24.4 Å². The van der Waals surface area contributed by atoms with E-state index in [9.17, 15) is 14.7 Å². The van der Waals surface area contributed by atoms with Crippen LogP contribution in [0.15, 0.2) is 42.5 Å². The molecule has 3 rings (SSSR count). The fraction of sp³-hybridized carbons (Fsp3) is 0.391. The second kappa shape index (κ2) is 8.15. The molecule has 5 heteroatoms. The van der Waals surface area contributed by atoms with Gasteiger partial charge in [0.25, 0.3) is 5.91 Å². The molecule has 2 aromatic rings. The predicted octanol–water partition coefficient (Wildman–Crippen LogP) is 3.89. The van der Waals surface area contributed by atoms with Gasteiger partial charge in [-0.05, 0) is 44.0 Å². The van der Waals surface area contributed by atoms with E-state index in [0.717, 1.165) is 29.7 Å². The summed E-state index contributed by atoms with van der Waals surface area (Å²) < 4.78 is 5.68. The first-order chi connectivity index (χ1) is 13.3. The number of ketones is 1. The van der Waals surface area contributed by atoms with Gasteiger partial charge in [0.1, 0.15) is 11.5 Å². The Morgan fingerprint density at radius 1 is 1.18 bits per heavy atom. The maximum absolute atomic E-state index is 13.1. The number of unbranched alkanes of at least 4 members (excludes halogenated alkanes) is 1. The average molecular weight is 381 g/mol. The number of rotatable bonds is 8. The molecule has 1 heterocycles. The molecule has 28 heavy (non-hydrogen) atoms. The number of nitrogens with zero attached hydrogens (tertiary/aromatic N) is 1. The first-order valence-electron chi connectivity index (χ1n) is 9.72. The zero-order valence-electron chi connectivity index (χ0n) is 16.7. The topological polar surface area (TPSA) is 66.8 Å². The first-order valence-corrected chi connectivity index (χ1v) is 9.72. The van der Waals surface area contributed by atoms with Crippen molar-refractivity contribution in [1.82, 2.24) is 0 Å². The van der Waals surface area contributed by atoms with Gasteiger partial charge in [-0.1, -0.05) is 43.2 Å². The molecular formula is C23H27NO4. The number of amides is 1. The summed E-state index contributed by atoms with van der Waals surface area (Å²) in [4.78, 5) is 26.3. The monoisotopic (exact) mass is 381 g/mol. The van der Waals surface area contributed by atoms with Crippen molar-refractivity contribution in [1.29, 1.82) is 0 Å². The average Bonchev–Trinajstić information content (AvgIpc) is 2.84. The van der Waals surface area contributed by atoms with Crippen LogP contribution in [0.2, 0.25) is 0 Å². The van der Waals surface area contributed by atoms with Gasteiger partial charge in [-0.15, -0.1) is 0 Å². The molecule has 0 spiro atoms. The Hall–Kier alpha value is -2.66. The fourth-order valence-corrected chi connectivity index (χ4v) is 3.56. The van der Waals surface area contributed by atoms with E-state index in [1.807, 2.05) is 43.3 Å². The first kappa shape index (κ1) is 20.1. The Balaban J connectivity index is 1.84. The molecule has 1 aliphatic rings. The number of Topliss-reactive ketones (excluding diaryl/α,β-unsaturated/α-hetero) is 1. The number of ether oxygens (including phenoxy) is 1. The molecular weight excluding hydrogens is 354 g/mol. The van der Waals surface area contributed by atoms with Gasteiger partial charge in [0.05, 0.1) is 18.8 Å². The Kier molecular flexibility index (Phi) is 5.84. The minimum Gasteiger partial charge on any atom is -0.494 e. The Labute approximate surface area is 165 Å². The fourth-order valence-electron chi connectivity index (χ4n) is 3.56. The van der Waals surface area contributed by atoms with E-state index in [4.69, 9.17) is 4.74 Å². The van der Waals surface area contributed by atoms with E-state index < -0.39 is 11.5 Å². The van der Waals surface area contributed by atoms with Crippen LogP contribution in [0.3, 0.4) is 0 Å². The quantitative estimate of drug-likeness (QED) is 0.705. The van der Waals surface area contributed by atoms with Crippen LogP contribution in [0.4, 0.5) is 5.69 Å². The third kappa shape index (κ3) is 3.94. The molecule has 1 amide bonds. The number of hydrogen-bond acceptors (Lipinski definition) is 4. The van der Waals surface area contributed by atoms with Crippen molar-refractivity contribution in [3.63, 3.8) is 0 Å². The van der Waals surface area contributed by atoms with E-state index in [1.54, 1.807) is 11.0 Å². The summed E-state index contributed by atoms with van der Waals surface area (Å²) >= 11 is 0. The van der Waals surface area contributed by atoms with Crippen molar-refractivity contribution in [3.8, 4) is 5.75 Å². The van der Waals surface area contributed by atoms with Crippen LogP contribution in [0, 0.1) is 6.92 Å². The standard InChI is InChI=1S/C23H27NO4/c1-4-5-12-28-19-9-7-18(8-10-19)15-24-21-11-6-16(2)13-20(21)23(27,22(24)26)14-17(3)25/h6-11,13,27H,4-5,12,14-15H2,1-3H3. The summed E-state index contributed by atoms with van der Waals surface area (Å²) in [5.74, 6) is 0.124. The van der Waals surface area contributed by atoms with Crippen molar-refractivity contribution < 1.29 is 19.4 Å². The number of benzene rings is 2. The highest BCUT2D eigenvalue weighted by Crippen LogP contribution is 2.43. The smallest absolute Gasteiger partial charge is 0.264 e. The maximum atomic E-state index is 13.1. The molecule has 148 valence electrons. The summed E-state index contributed by atoms with van der Waals surface area (Å²) in [6, 6.07) is 13.2. The van der Waals surface area contributed by atoms with Gasteiger partial charge >= 0.3 is 0 Å². The third-order valence-electron chi connectivity index (χ3n) is 5.02. The van der Waals surface area contributed by atoms with Gasteiger partial charge in [-0.2, -0.15) is 0 Å². The largest absolute Gasteiger partial charge is 0.494 e. The molecule has 0 fully saturated rings. The molecule has 1 aliphatic heterocycles. The molecule has 1 N–H and O–H groups in total. The molecule has 1 atom stereocenters. The zero-order chi connectivity index (χ0) is 20.3. The minimum absolute atomic E-state index is 0.219. The summed E-state index contributed by atoms with van der Waals surface area (Å²) in [6.45, 7) is 6.42. The van der Waals surface area contributed by atoms with Crippen molar-refractivity contribution >= 4 is 17.4 Å². The van der Waals surface area contributed by atoms with Gasteiger partial charge in [0.2, 0.25) is 0 Å². The summed E-state index contributed by atoms with van der Waals surface area (Å²) in [5, 5.41) is 11.1. The minimum atomic E-state index is -1.80. The predicted molar refractivity (Wildman–Crippen MR) is 108 cm³/mol. The Morgan fingerprint density at radius 3 is 2.54 bits per heavy atom. The maximum Gasteiger partial charge on any atom is 0.264 e. The normalized spacial score (nSPS) is 18.3. The highest BCUT2D eigenvalue weighted by molar-refractivity contribution is 6.08. The number of hydrogen-bond donors (Lipinski definition) is 1. The lowest BCUT2D eigenvalue weighted by molar-refractivity contribution is -0.141. The number of carbonyl (C=O) groups excluding carboxylic acids is 2. The van der Waals surface area contributed by atoms with Crippen LogP contribution >= 0.6 is 0 Å². The molecule has 0 bridgehead atoms. The van der Waals surface area contributed by atoms with Gasteiger partial charge in [0, 0.05) is 12.0 Å². The lowest BCUT2D eigenvalue weighted by atomic mass is 9.89. The Morgan fingerprint density at radius 2 is 1.89 bits per heavy atom. The number of aliphatic hydroxyl groups is 1. The lowest BCUT2D eigenvalue weighted by Crippen LogP contribution is -2.41. The summed E-state index contributed by atoms with van der Waals surface area (Å²) in [7, 11) is 0. The zero-order valence-corrected chi connectivity index (χ0v) is 16.7. The molecule has 5 nitrogen and oxygen atoms in total. The SMILES string of the molecule is CCCCOc1ccc(CN2C(=O)C(O)(CC(C)=O)c3cc(C)ccc32)cc1. The molecule has 0 aromatic heterocycles. The van der Waals surface area contributed by atoms with Crippen LogP contribution in [-0.4, -0.2) is 23.4 Å². The number of fused-ring (bicyclic) bond motifs is 1. The number of anilines is 1. The second-order valence-electron chi connectivity index (χ2n) is 7.50. The van der Waals surface area contributed by atoms with Crippen LogP contribution in [0.5, 0.6) is 5.75 Å². The molecule has 0 radical (unpaired) electrons. The highest BCUT2D eigenvalue weighted by atomic mass is 16.5. The van der Waals surface area contributed by atoms with E-state index in [2.05, 4.69) is 6.92 Å². The second-order valence-corrected chi connectivity index (χ2v) is 7.50. The van der Waals surface area contributed by atoms with Crippen molar-refractivity contribution in [3.05, 3.63) is 59.2 Å². The molecule has 0 saturated carbocycles. The van der Waals surface area contributed by atoms with Crippen molar-refractivity contribution in [2.24, 2.45) is 0 Å². The van der Waals surface area contributed by atoms with E-state index >= 15 is 0 Å². The van der Waals surface area contributed by atoms with Gasteiger partial charge in [-0.25, -0.2) is 0 Å². The molecule has 0 saturated heterocycles. The highest BCUT2D eigenvalue weighted by Gasteiger charge is 2.50. The van der Waals surface area contributed by atoms with Gasteiger partial charge in [0.15, 0.2) is 5.60 Å². The van der Waals surface area contributed by atoms with Crippen LogP contribution < -0.4 is 9.64 Å². The van der Waals surface area contributed by atoms with E-state index in [-0.39, 0.29) is 12.2 Å². The molecule has 0 aliphatic carbocycles. The van der Waals surface area contributed by atoms with Crippen LogP contribution in [-0.2, 0) is 21.7 Å². The lowest BCUT2D eigenvalue weighted by Gasteiger charge is -2.22. The number of aryl methyl sites for hydroxylation is 1. The van der Waals surface area contributed by atoms with Crippen LogP contribution in [0.25, 0.3) is 0 Å².